The molecule has 2 fully saturated rings. The van der Waals surface area contributed by atoms with Gasteiger partial charge in [0.2, 0.25) is 0 Å². The van der Waals surface area contributed by atoms with E-state index in [2.05, 4.69) is 7.28 Å². The highest BCUT2D eigenvalue weighted by Gasteiger charge is 2.26. The third-order valence-electron chi connectivity index (χ3n) is 2.84. The van der Waals surface area contributed by atoms with Gasteiger partial charge in [0.1, 0.15) is 7.28 Å². The van der Waals surface area contributed by atoms with Crippen LogP contribution in [0.2, 0.25) is 11.6 Å². The first-order valence-electron chi connectivity index (χ1n) is 4.30. The molecule has 0 saturated carbocycles. The minimum absolute atomic E-state index is 1.03. The lowest BCUT2D eigenvalue weighted by molar-refractivity contribution is 0.455. The molecule has 9 heavy (non-hydrogen) atoms. The standard InChI is InChI=1S/C8H14B/c1-3-7-5-2-6-8(4-1)9-7/h7-8H,1-6H2. The van der Waals surface area contributed by atoms with Gasteiger partial charge in [-0.2, -0.15) is 0 Å². The normalized spacial score (nSPS) is 41.8. The van der Waals surface area contributed by atoms with Gasteiger partial charge in [-0.15, -0.1) is 0 Å². The first-order valence-corrected chi connectivity index (χ1v) is 4.30. The second kappa shape index (κ2) is 2.36. The maximum atomic E-state index is 2.62. The van der Waals surface area contributed by atoms with E-state index in [1.807, 2.05) is 0 Å². The summed E-state index contributed by atoms with van der Waals surface area (Å²) in [6.07, 6.45) is 9.00. The van der Waals surface area contributed by atoms with Crippen LogP contribution in [0.3, 0.4) is 0 Å². The van der Waals surface area contributed by atoms with Crippen molar-refractivity contribution in [1.29, 1.82) is 0 Å². The highest BCUT2D eigenvalue weighted by atomic mass is 14.2. The molecule has 49 valence electrons. The van der Waals surface area contributed by atoms with E-state index < -0.39 is 0 Å². The first kappa shape index (κ1) is 5.82. The van der Waals surface area contributed by atoms with Crippen molar-refractivity contribution >= 4 is 7.28 Å². The summed E-state index contributed by atoms with van der Waals surface area (Å²) in [5.41, 5.74) is 0. The van der Waals surface area contributed by atoms with Gasteiger partial charge in [-0.1, -0.05) is 50.2 Å². The Hall–Kier alpha value is 0.0649. The molecule has 0 nitrogen and oxygen atoms in total. The van der Waals surface area contributed by atoms with Crippen molar-refractivity contribution in [2.75, 3.05) is 0 Å². The van der Waals surface area contributed by atoms with E-state index in [0.29, 0.717) is 0 Å². The molecule has 0 amide bonds. The second-order valence-corrected chi connectivity index (χ2v) is 3.57. The van der Waals surface area contributed by atoms with Gasteiger partial charge in [0, 0.05) is 0 Å². The maximum absolute atomic E-state index is 2.62. The highest BCUT2D eigenvalue weighted by molar-refractivity contribution is 6.40. The van der Waals surface area contributed by atoms with Crippen LogP contribution in [-0.4, -0.2) is 7.28 Å². The monoisotopic (exact) mass is 121 g/mol. The summed E-state index contributed by atoms with van der Waals surface area (Å²) in [5.74, 6) is 2.05. The molecular formula is C8H14B. The van der Waals surface area contributed by atoms with Gasteiger partial charge in [0.15, 0.2) is 0 Å². The van der Waals surface area contributed by atoms with E-state index >= 15 is 0 Å². The molecule has 0 aliphatic carbocycles. The molecule has 2 rings (SSSR count). The average molecular weight is 121 g/mol. The van der Waals surface area contributed by atoms with E-state index in [9.17, 15) is 0 Å². The zero-order valence-electron chi connectivity index (χ0n) is 5.97. The Kier molecular flexibility index (Phi) is 1.53. The van der Waals surface area contributed by atoms with E-state index in [-0.39, 0.29) is 0 Å². The van der Waals surface area contributed by atoms with Crippen LogP contribution in [-0.2, 0) is 0 Å². The molecule has 2 heterocycles. The van der Waals surface area contributed by atoms with E-state index in [4.69, 9.17) is 0 Å². The Bertz CT molecular complexity index is 80.7. The molecule has 0 aromatic rings. The number of hydrogen-bond acceptors (Lipinski definition) is 0. The summed E-state index contributed by atoms with van der Waals surface area (Å²) < 4.78 is 0. The molecule has 0 N–H and O–H groups in total. The number of hydrogen-bond donors (Lipinski definition) is 0. The van der Waals surface area contributed by atoms with Gasteiger partial charge < -0.3 is 0 Å². The molecule has 2 bridgehead atoms. The Balaban J connectivity index is 1.96. The quantitative estimate of drug-likeness (QED) is 0.432. The molecule has 2 aliphatic rings. The number of fused-ring (bicyclic) bond motifs is 2. The predicted molar refractivity (Wildman–Crippen MR) is 41.0 cm³/mol. The van der Waals surface area contributed by atoms with Gasteiger partial charge in [-0.25, -0.2) is 0 Å². The van der Waals surface area contributed by atoms with E-state index in [1.54, 1.807) is 0 Å². The number of rotatable bonds is 0. The molecule has 2 aliphatic heterocycles. The highest BCUT2D eigenvalue weighted by Crippen LogP contribution is 2.40. The molecule has 0 aromatic carbocycles. The maximum Gasteiger partial charge on any atom is 0.117 e. The summed E-state index contributed by atoms with van der Waals surface area (Å²) in [7, 11) is 2.62. The van der Waals surface area contributed by atoms with Gasteiger partial charge in [-0.3, -0.25) is 0 Å². The van der Waals surface area contributed by atoms with Crippen LogP contribution in [0.5, 0.6) is 0 Å². The van der Waals surface area contributed by atoms with E-state index in [1.165, 1.54) is 38.5 Å². The lowest BCUT2D eigenvalue weighted by Crippen LogP contribution is -2.21. The van der Waals surface area contributed by atoms with Crippen molar-refractivity contribution in [3.05, 3.63) is 0 Å². The Labute approximate surface area is 58.3 Å². The Morgan fingerprint density at radius 2 is 1.22 bits per heavy atom. The van der Waals surface area contributed by atoms with Crippen molar-refractivity contribution in [2.45, 2.75) is 50.2 Å². The minimum atomic E-state index is 1.03. The van der Waals surface area contributed by atoms with Crippen LogP contribution in [0, 0.1) is 0 Å². The smallest absolute Gasteiger partial charge is 0.0686 e. The fourth-order valence-corrected chi connectivity index (χ4v) is 2.34. The van der Waals surface area contributed by atoms with Crippen LogP contribution in [0.25, 0.3) is 0 Å². The fourth-order valence-electron chi connectivity index (χ4n) is 2.34. The average Bonchev–Trinajstić information content (AvgIpc) is 1.88. The lowest BCUT2D eigenvalue weighted by Gasteiger charge is -2.33. The van der Waals surface area contributed by atoms with Crippen molar-refractivity contribution < 1.29 is 0 Å². The SMILES string of the molecule is [B]1C2CCCC1CCC2. The van der Waals surface area contributed by atoms with Crippen LogP contribution in [0.4, 0.5) is 0 Å². The van der Waals surface area contributed by atoms with Gasteiger partial charge in [0.05, 0.1) is 0 Å². The molecule has 0 aromatic heterocycles. The van der Waals surface area contributed by atoms with Gasteiger partial charge in [0.25, 0.3) is 0 Å². The predicted octanol–water partition coefficient (Wildman–Crippen LogP) is 2.64. The molecule has 2 saturated heterocycles. The van der Waals surface area contributed by atoms with Crippen LogP contribution < -0.4 is 0 Å². The third kappa shape index (κ3) is 1.15. The van der Waals surface area contributed by atoms with Gasteiger partial charge >= 0.3 is 0 Å². The van der Waals surface area contributed by atoms with Gasteiger partial charge in [-0.05, 0) is 0 Å². The molecule has 1 radical (unpaired) electrons. The summed E-state index contributed by atoms with van der Waals surface area (Å²) in [6, 6.07) is 0. The molecule has 0 unspecified atom stereocenters. The van der Waals surface area contributed by atoms with Crippen LogP contribution in [0.15, 0.2) is 0 Å². The van der Waals surface area contributed by atoms with Crippen molar-refractivity contribution in [1.82, 2.24) is 0 Å². The molecule has 1 heteroatoms. The molecule has 0 spiro atoms. The van der Waals surface area contributed by atoms with Crippen molar-refractivity contribution in [2.24, 2.45) is 0 Å². The zero-order valence-corrected chi connectivity index (χ0v) is 5.97. The molecule has 0 atom stereocenters. The van der Waals surface area contributed by atoms with Crippen molar-refractivity contribution in [3.63, 3.8) is 0 Å². The van der Waals surface area contributed by atoms with Crippen molar-refractivity contribution in [3.8, 4) is 0 Å². The summed E-state index contributed by atoms with van der Waals surface area (Å²) in [6.45, 7) is 0. The van der Waals surface area contributed by atoms with Crippen LogP contribution >= 0.6 is 0 Å². The summed E-state index contributed by atoms with van der Waals surface area (Å²) in [5, 5.41) is 0. The van der Waals surface area contributed by atoms with E-state index in [0.717, 1.165) is 11.6 Å². The Morgan fingerprint density at radius 1 is 0.778 bits per heavy atom. The summed E-state index contributed by atoms with van der Waals surface area (Å²) in [4.78, 5) is 0. The second-order valence-electron chi connectivity index (χ2n) is 3.57. The zero-order chi connectivity index (χ0) is 6.10. The molecular weight excluding hydrogens is 107 g/mol. The Morgan fingerprint density at radius 3 is 1.56 bits per heavy atom. The minimum Gasteiger partial charge on any atom is -0.0686 e. The third-order valence-corrected chi connectivity index (χ3v) is 2.84. The topological polar surface area (TPSA) is 0 Å². The van der Waals surface area contributed by atoms with Crippen LogP contribution in [0.1, 0.15) is 38.5 Å². The largest absolute Gasteiger partial charge is 0.117 e. The fraction of sp³-hybridized carbons (Fsp3) is 1.00. The summed E-state index contributed by atoms with van der Waals surface area (Å²) >= 11 is 0. The first-order chi connectivity index (χ1) is 4.45. The lowest BCUT2D eigenvalue weighted by atomic mass is 9.44.